The van der Waals surface area contributed by atoms with Crippen LogP contribution in [0, 0.1) is 29.1 Å². The number of esters is 2. The van der Waals surface area contributed by atoms with E-state index >= 15 is 0 Å². The van der Waals surface area contributed by atoms with Crippen molar-refractivity contribution in [2.45, 2.75) is 25.0 Å². The molecule has 158 valence electrons. The molecule has 0 spiro atoms. The van der Waals surface area contributed by atoms with Crippen molar-refractivity contribution < 1.29 is 45.6 Å². The fraction of sp³-hybridized carbons (Fsp3) is 0.765. The highest BCUT2D eigenvalue weighted by molar-refractivity contribution is 7.86. The Hall–Kier alpha value is -1.59. The van der Waals surface area contributed by atoms with Gasteiger partial charge in [0.2, 0.25) is 0 Å². The molecule has 1 saturated heterocycles. The Balaban J connectivity index is 1.65. The average molecular weight is 423 g/mol. The van der Waals surface area contributed by atoms with Gasteiger partial charge in [0.05, 0.1) is 30.5 Å². The Morgan fingerprint density at radius 1 is 1.18 bits per heavy atom. The van der Waals surface area contributed by atoms with Crippen LogP contribution in [0.5, 0.6) is 0 Å². The third-order valence-corrected chi connectivity index (χ3v) is 6.69. The highest BCUT2D eigenvalue weighted by atomic mass is 32.2. The molecular weight excluding hydrogens is 402 g/mol. The van der Waals surface area contributed by atoms with Crippen LogP contribution in [-0.4, -0.2) is 56.6 Å². The van der Waals surface area contributed by atoms with Crippen molar-refractivity contribution in [2.24, 2.45) is 29.1 Å². The number of alkyl halides is 2. The van der Waals surface area contributed by atoms with Crippen molar-refractivity contribution in [2.75, 3.05) is 26.4 Å². The van der Waals surface area contributed by atoms with Gasteiger partial charge in [0, 0.05) is 0 Å². The fourth-order valence-electron chi connectivity index (χ4n) is 3.89. The molecule has 1 saturated carbocycles. The van der Waals surface area contributed by atoms with Gasteiger partial charge in [-0.2, -0.15) is 8.78 Å². The predicted octanol–water partition coefficient (Wildman–Crippen LogP) is 1.08. The molecule has 0 aromatic carbocycles. The summed E-state index contributed by atoms with van der Waals surface area (Å²) >= 11 is 0. The molecule has 28 heavy (non-hydrogen) atoms. The molecular formula is C17H21F2O8S-. The van der Waals surface area contributed by atoms with E-state index < -0.39 is 45.8 Å². The van der Waals surface area contributed by atoms with Crippen LogP contribution in [0.1, 0.15) is 19.8 Å². The Labute approximate surface area is 160 Å². The molecule has 3 rings (SSSR count). The number of rotatable bonds is 8. The van der Waals surface area contributed by atoms with Crippen molar-refractivity contribution in [3.05, 3.63) is 12.2 Å². The van der Waals surface area contributed by atoms with Crippen LogP contribution >= 0.6 is 0 Å². The van der Waals surface area contributed by atoms with Gasteiger partial charge in [0.25, 0.3) is 0 Å². The first-order chi connectivity index (χ1) is 13.0. The van der Waals surface area contributed by atoms with Gasteiger partial charge in [0.1, 0.15) is 6.61 Å². The number of halogens is 2. The number of fused-ring (bicyclic) bond motifs is 2. The minimum absolute atomic E-state index is 0.133. The van der Waals surface area contributed by atoms with Crippen LogP contribution in [0.4, 0.5) is 8.78 Å². The predicted molar refractivity (Wildman–Crippen MR) is 87.8 cm³/mol. The van der Waals surface area contributed by atoms with E-state index in [0.29, 0.717) is 19.6 Å². The SMILES string of the molecule is CCC1(COC(=O)C2C3C=CC(C3)C2C(=O)OCC(F)(F)S(=O)(=O)[O-])COC1. The maximum Gasteiger partial charge on any atom is 0.367 e. The molecule has 0 amide bonds. The maximum atomic E-state index is 13.3. The molecule has 2 fully saturated rings. The lowest BCUT2D eigenvalue weighted by molar-refractivity contribution is -0.179. The number of allylic oxidation sites excluding steroid dienone is 2. The van der Waals surface area contributed by atoms with Gasteiger partial charge in [-0.1, -0.05) is 19.1 Å². The number of hydrogen-bond donors (Lipinski definition) is 0. The highest BCUT2D eigenvalue weighted by Gasteiger charge is 2.54. The van der Waals surface area contributed by atoms with Crippen LogP contribution in [0.3, 0.4) is 0 Å². The van der Waals surface area contributed by atoms with Crippen LogP contribution in [0.25, 0.3) is 0 Å². The first kappa shape index (κ1) is 21.1. The normalized spacial score (nSPS) is 30.7. The molecule has 1 heterocycles. The fourth-order valence-corrected chi connectivity index (χ4v) is 4.09. The summed E-state index contributed by atoms with van der Waals surface area (Å²) in [5.74, 6) is -4.38. The van der Waals surface area contributed by atoms with E-state index in [4.69, 9.17) is 9.47 Å². The summed E-state index contributed by atoms with van der Waals surface area (Å²) in [5, 5.41) is -4.73. The van der Waals surface area contributed by atoms with Gasteiger partial charge in [-0.15, -0.1) is 0 Å². The summed E-state index contributed by atoms with van der Waals surface area (Å²) in [4.78, 5) is 24.9. The minimum atomic E-state index is -5.96. The minimum Gasteiger partial charge on any atom is -0.743 e. The van der Waals surface area contributed by atoms with Crippen LogP contribution in [0.2, 0.25) is 0 Å². The van der Waals surface area contributed by atoms with E-state index in [2.05, 4.69) is 4.74 Å². The Bertz CT molecular complexity index is 769. The maximum absolute atomic E-state index is 13.3. The topological polar surface area (TPSA) is 119 Å². The summed E-state index contributed by atoms with van der Waals surface area (Å²) in [6.45, 7) is 1.14. The Kier molecular flexibility index (Phi) is 5.54. The quantitative estimate of drug-likeness (QED) is 0.323. The van der Waals surface area contributed by atoms with E-state index in [1.54, 1.807) is 12.2 Å². The zero-order chi connectivity index (χ0) is 20.7. The zero-order valence-electron chi connectivity index (χ0n) is 15.1. The highest BCUT2D eigenvalue weighted by Crippen LogP contribution is 2.49. The summed E-state index contributed by atoms with van der Waals surface area (Å²) in [6.07, 6.45) is 4.70. The molecule has 1 aliphatic heterocycles. The molecule has 2 aliphatic carbocycles. The van der Waals surface area contributed by atoms with E-state index in [0.717, 1.165) is 6.42 Å². The van der Waals surface area contributed by atoms with Crippen molar-refractivity contribution >= 4 is 22.1 Å². The number of carbonyl (C=O) groups excluding carboxylic acids is 2. The summed E-state index contributed by atoms with van der Waals surface area (Å²) in [7, 11) is -5.96. The van der Waals surface area contributed by atoms with Crippen molar-refractivity contribution in [3.8, 4) is 0 Å². The van der Waals surface area contributed by atoms with Crippen molar-refractivity contribution in [1.82, 2.24) is 0 Å². The second kappa shape index (κ2) is 7.34. The summed E-state index contributed by atoms with van der Waals surface area (Å²) < 4.78 is 73.1. The third-order valence-electron chi connectivity index (χ3n) is 5.84. The van der Waals surface area contributed by atoms with Gasteiger partial charge in [-0.3, -0.25) is 9.59 Å². The Morgan fingerprint density at radius 2 is 1.71 bits per heavy atom. The molecule has 11 heteroatoms. The smallest absolute Gasteiger partial charge is 0.367 e. The molecule has 2 bridgehead atoms. The molecule has 0 N–H and O–H groups in total. The van der Waals surface area contributed by atoms with E-state index in [1.165, 1.54) is 0 Å². The zero-order valence-corrected chi connectivity index (χ0v) is 16.0. The Morgan fingerprint density at radius 3 is 2.14 bits per heavy atom. The molecule has 0 aromatic heterocycles. The number of ether oxygens (including phenoxy) is 3. The second-order valence-corrected chi connectivity index (χ2v) is 9.16. The largest absolute Gasteiger partial charge is 0.743 e. The third kappa shape index (κ3) is 3.79. The second-order valence-electron chi connectivity index (χ2n) is 7.65. The lowest BCUT2D eigenvalue weighted by Crippen LogP contribution is -2.47. The van der Waals surface area contributed by atoms with E-state index in [-0.39, 0.29) is 23.9 Å². The van der Waals surface area contributed by atoms with Gasteiger partial charge in [-0.25, -0.2) is 8.42 Å². The summed E-state index contributed by atoms with van der Waals surface area (Å²) in [6, 6.07) is 0. The molecule has 0 radical (unpaired) electrons. The van der Waals surface area contributed by atoms with Crippen LogP contribution < -0.4 is 0 Å². The van der Waals surface area contributed by atoms with E-state index in [9.17, 15) is 31.3 Å². The van der Waals surface area contributed by atoms with Gasteiger partial charge in [-0.05, 0) is 24.7 Å². The lowest BCUT2D eigenvalue weighted by Gasteiger charge is -2.40. The number of hydrogen-bond acceptors (Lipinski definition) is 8. The average Bonchev–Trinajstić information content (AvgIpc) is 3.19. The first-order valence-electron chi connectivity index (χ1n) is 8.92. The van der Waals surface area contributed by atoms with Gasteiger partial charge >= 0.3 is 17.2 Å². The first-order valence-corrected chi connectivity index (χ1v) is 10.3. The van der Waals surface area contributed by atoms with Crippen molar-refractivity contribution in [1.29, 1.82) is 0 Å². The lowest BCUT2D eigenvalue weighted by atomic mass is 9.82. The van der Waals surface area contributed by atoms with Crippen LogP contribution in [-0.2, 0) is 33.9 Å². The molecule has 4 atom stereocenters. The standard InChI is InChI=1S/C17H22F2O8S/c1-2-16(6-25-7-16)8-26-14(20)12-10-3-4-11(5-10)13(12)15(21)27-9-17(18,19)28(22,23)24/h3-4,10-13H,2,5-9H2,1H3,(H,22,23,24)/p-1. The van der Waals surface area contributed by atoms with Crippen LogP contribution in [0.15, 0.2) is 12.2 Å². The van der Waals surface area contributed by atoms with Crippen molar-refractivity contribution in [3.63, 3.8) is 0 Å². The van der Waals surface area contributed by atoms with Gasteiger partial charge < -0.3 is 18.8 Å². The van der Waals surface area contributed by atoms with E-state index in [1.807, 2.05) is 6.92 Å². The molecule has 0 aromatic rings. The van der Waals surface area contributed by atoms with Gasteiger partial charge in [0.15, 0.2) is 16.7 Å². The number of carbonyl (C=O) groups is 2. The monoisotopic (exact) mass is 423 g/mol. The summed E-state index contributed by atoms with van der Waals surface area (Å²) in [5.41, 5.74) is -0.246. The molecule has 8 nitrogen and oxygen atoms in total. The molecule has 4 unspecified atom stereocenters. The molecule has 3 aliphatic rings.